The number of pyridine rings is 1. The first-order valence-electron chi connectivity index (χ1n) is 10.8. The van der Waals surface area contributed by atoms with E-state index in [1.165, 1.54) is 15.4 Å². The summed E-state index contributed by atoms with van der Waals surface area (Å²) in [7, 11) is 1.69. The van der Waals surface area contributed by atoms with Gasteiger partial charge in [0.15, 0.2) is 17.3 Å². The molecule has 8 nitrogen and oxygen atoms in total. The molecule has 170 valence electrons. The minimum atomic E-state index is -0.529. The van der Waals surface area contributed by atoms with Crippen LogP contribution >= 0.6 is 0 Å². The van der Waals surface area contributed by atoms with E-state index >= 15 is 0 Å². The van der Waals surface area contributed by atoms with Crippen LogP contribution in [0.4, 0.5) is 4.39 Å². The predicted molar refractivity (Wildman–Crippen MR) is 125 cm³/mol. The van der Waals surface area contributed by atoms with Gasteiger partial charge in [-0.3, -0.25) is 9.48 Å². The van der Waals surface area contributed by atoms with Gasteiger partial charge in [0.25, 0.3) is 0 Å². The molecule has 0 spiro atoms. The second-order valence-electron chi connectivity index (χ2n) is 8.21. The first kappa shape index (κ1) is 21.6. The van der Waals surface area contributed by atoms with Crippen LogP contribution in [-0.4, -0.2) is 40.1 Å². The molecule has 0 aliphatic rings. The molecule has 0 unspecified atom stereocenters. The third-order valence-electron chi connectivity index (χ3n) is 5.85. The Morgan fingerprint density at radius 3 is 2.59 bits per heavy atom. The molecule has 1 aromatic carbocycles. The summed E-state index contributed by atoms with van der Waals surface area (Å²) in [5, 5.41) is 8.64. The first-order chi connectivity index (χ1) is 16.3. The number of rotatable bonds is 5. The first-order valence-corrected chi connectivity index (χ1v) is 10.8. The highest BCUT2D eigenvalue weighted by Gasteiger charge is 2.23. The van der Waals surface area contributed by atoms with Crippen LogP contribution in [0.5, 0.6) is 0 Å². The maximum Gasteiger partial charge on any atom is 0.186 e. The van der Waals surface area contributed by atoms with E-state index < -0.39 is 5.82 Å². The molecule has 0 amide bonds. The van der Waals surface area contributed by atoms with E-state index in [1.54, 1.807) is 26.2 Å². The van der Waals surface area contributed by atoms with E-state index in [0.717, 1.165) is 16.8 Å². The molecule has 0 radical (unpaired) electrons. The summed E-state index contributed by atoms with van der Waals surface area (Å²) in [6.07, 6.45) is 2.72. The van der Waals surface area contributed by atoms with Gasteiger partial charge in [-0.2, -0.15) is 5.10 Å². The number of hydrogen-bond donors (Lipinski definition) is 0. The molecule has 0 N–H and O–H groups in total. The Kier molecular flexibility index (Phi) is 5.24. The molecular formula is C25H22FN7O. The molecular weight excluding hydrogens is 433 g/mol. The van der Waals surface area contributed by atoms with Crippen LogP contribution in [0.3, 0.4) is 0 Å². The summed E-state index contributed by atoms with van der Waals surface area (Å²) in [6, 6.07) is 11.0. The van der Waals surface area contributed by atoms with Gasteiger partial charge in [0.05, 0.1) is 18.1 Å². The van der Waals surface area contributed by atoms with Crippen molar-refractivity contribution < 1.29 is 9.18 Å². The van der Waals surface area contributed by atoms with Crippen LogP contribution in [0.1, 0.15) is 33.1 Å². The second-order valence-corrected chi connectivity index (χ2v) is 8.21. The molecule has 0 aliphatic heterocycles. The molecule has 0 bridgehead atoms. The SMILES string of the molecule is Cc1nc(C)c(C)c(-c2cnn(C)c2C(=O)Cc2cc3nc(-c4ccccc4)nn3cc2F)n1. The van der Waals surface area contributed by atoms with E-state index in [0.29, 0.717) is 34.2 Å². The fraction of sp³-hybridized carbons (Fsp3) is 0.200. The molecule has 0 fully saturated rings. The summed E-state index contributed by atoms with van der Waals surface area (Å²) in [6.45, 7) is 5.62. The fourth-order valence-corrected chi connectivity index (χ4v) is 4.02. The van der Waals surface area contributed by atoms with Crippen molar-refractivity contribution in [1.29, 1.82) is 0 Å². The Morgan fingerprint density at radius 1 is 1.06 bits per heavy atom. The van der Waals surface area contributed by atoms with E-state index in [9.17, 15) is 9.18 Å². The second kappa shape index (κ2) is 8.26. The molecule has 0 aliphatic carbocycles. The normalized spacial score (nSPS) is 11.3. The van der Waals surface area contributed by atoms with Crippen molar-refractivity contribution in [2.24, 2.45) is 7.05 Å². The zero-order chi connectivity index (χ0) is 24.0. The number of aryl methyl sites for hydroxylation is 3. The van der Waals surface area contributed by atoms with Crippen molar-refractivity contribution in [3.8, 4) is 22.6 Å². The fourth-order valence-electron chi connectivity index (χ4n) is 4.02. The van der Waals surface area contributed by atoms with Gasteiger partial charge in [0, 0.05) is 35.9 Å². The number of aromatic nitrogens is 7. The van der Waals surface area contributed by atoms with E-state index in [4.69, 9.17) is 0 Å². The summed E-state index contributed by atoms with van der Waals surface area (Å²) < 4.78 is 17.8. The van der Waals surface area contributed by atoms with Crippen molar-refractivity contribution in [2.75, 3.05) is 0 Å². The Balaban J connectivity index is 1.52. The number of ketones is 1. The van der Waals surface area contributed by atoms with Crippen LogP contribution in [-0.2, 0) is 13.5 Å². The highest BCUT2D eigenvalue weighted by atomic mass is 19.1. The summed E-state index contributed by atoms with van der Waals surface area (Å²) in [5.74, 6) is 0.300. The molecule has 0 saturated heterocycles. The molecule has 9 heteroatoms. The molecule has 34 heavy (non-hydrogen) atoms. The van der Waals surface area contributed by atoms with E-state index in [1.807, 2.05) is 44.2 Å². The smallest absolute Gasteiger partial charge is 0.186 e. The Hall–Kier alpha value is -4.27. The van der Waals surface area contributed by atoms with Crippen molar-refractivity contribution in [3.63, 3.8) is 0 Å². The molecule has 0 saturated carbocycles. The minimum Gasteiger partial charge on any atom is -0.292 e. The summed E-state index contributed by atoms with van der Waals surface area (Å²) >= 11 is 0. The lowest BCUT2D eigenvalue weighted by molar-refractivity contribution is 0.0983. The van der Waals surface area contributed by atoms with Gasteiger partial charge in [-0.15, -0.1) is 5.10 Å². The minimum absolute atomic E-state index is 0.148. The quantitative estimate of drug-likeness (QED) is 0.371. The summed E-state index contributed by atoms with van der Waals surface area (Å²) in [4.78, 5) is 26.8. The zero-order valence-electron chi connectivity index (χ0n) is 19.2. The van der Waals surface area contributed by atoms with Crippen molar-refractivity contribution >= 4 is 11.4 Å². The van der Waals surface area contributed by atoms with Crippen molar-refractivity contribution in [1.82, 2.24) is 34.3 Å². The van der Waals surface area contributed by atoms with E-state index in [2.05, 4.69) is 25.1 Å². The lowest BCUT2D eigenvalue weighted by atomic mass is 10.0. The monoisotopic (exact) mass is 455 g/mol. The van der Waals surface area contributed by atoms with Crippen LogP contribution < -0.4 is 0 Å². The number of benzene rings is 1. The lowest BCUT2D eigenvalue weighted by Gasteiger charge is -2.10. The van der Waals surface area contributed by atoms with Crippen LogP contribution in [0.2, 0.25) is 0 Å². The zero-order valence-corrected chi connectivity index (χ0v) is 19.2. The maximum atomic E-state index is 14.9. The summed E-state index contributed by atoms with van der Waals surface area (Å²) in [5.41, 5.74) is 4.87. The molecule has 5 rings (SSSR count). The highest BCUT2D eigenvalue weighted by Crippen LogP contribution is 2.27. The van der Waals surface area contributed by atoms with Crippen LogP contribution in [0, 0.1) is 26.6 Å². The average molecular weight is 455 g/mol. The standard InChI is InChI=1S/C25H22FN7O/c1-14-15(2)28-16(3)29-23(14)19-12-27-32(4)24(19)21(34)10-18-11-22-30-25(17-8-6-5-7-9-17)31-33(22)13-20(18)26/h5-9,11-13H,10H2,1-4H3. The third kappa shape index (κ3) is 3.75. The topological polar surface area (TPSA) is 90.9 Å². The largest absolute Gasteiger partial charge is 0.292 e. The van der Waals surface area contributed by atoms with Crippen LogP contribution in [0.15, 0.2) is 48.8 Å². The number of Topliss-reactive ketones (excluding diaryl/α,β-unsaturated/α-hetero) is 1. The van der Waals surface area contributed by atoms with Crippen LogP contribution in [0.25, 0.3) is 28.3 Å². The van der Waals surface area contributed by atoms with Crippen molar-refractivity contribution in [3.05, 3.63) is 82.9 Å². The van der Waals surface area contributed by atoms with Gasteiger partial charge < -0.3 is 0 Å². The molecule has 5 aromatic rings. The van der Waals surface area contributed by atoms with Gasteiger partial charge in [0.2, 0.25) is 0 Å². The van der Waals surface area contributed by atoms with Gasteiger partial charge >= 0.3 is 0 Å². The van der Waals surface area contributed by atoms with Gasteiger partial charge in [-0.1, -0.05) is 30.3 Å². The van der Waals surface area contributed by atoms with Gasteiger partial charge in [0.1, 0.15) is 17.3 Å². The molecule has 0 atom stereocenters. The molecule has 4 aromatic heterocycles. The van der Waals surface area contributed by atoms with Gasteiger partial charge in [-0.25, -0.2) is 23.9 Å². The van der Waals surface area contributed by atoms with Gasteiger partial charge in [-0.05, 0) is 32.4 Å². The lowest BCUT2D eigenvalue weighted by Crippen LogP contribution is -2.13. The van der Waals surface area contributed by atoms with E-state index in [-0.39, 0.29) is 17.8 Å². The van der Waals surface area contributed by atoms with Crippen molar-refractivity contribution in [2.45, 2.75) is 27.2 Å². The number of carbonyl (C=O) groups is 1. The number of halogens is 1. The maximum absolute atomic E-state index is 14.9. The third-order valence-corrected chi connectivity index (χ3v) is 5.85. The number of nitrogens with zero attached hydrogens (tertiary/aromatic N) is 7. The number of carbonyl (C=O) groups excluding carboxylic acids is 1. The Morgan fingerprint density at radius 2 is 1.82 bits per heavy atom. The molecule has 4 heterocycles. The highest BCUT2D eigenvalue weighted by molar-refractivity contribution is 6.01. The Labute approximate surface area is 195 Å². The number of hydrogen-bond acceptors (Lipinski definition) is 6. The average Bonchev–Trinajstić information content (AvgIpc) is 3.40. The Bertz CT molecular complexity index is 1550. The number of fused-ring (bicyclic) bond motifs is 1. The predicted octanol–water partition coefficient (Wildman–Crippen LogP) is 4.08.